The van der Waals surface area contributed by atoms with Gasteiger partial charge in [-0.05, 0) is 19.3 Å². The fourth-order valence-corrected chi connectivity index (χ4v) is 2.56. The lowest BCUT2D eigenvalue weighted by molar-refractivity contribution is 0.167. The molecule has 1 fully saturated rings. The highest BCUT2D eigenvalue weighted by molar-refractivity contribution is 7.90. The van der Waals surface area contributed by atoms with Crippen LogP contribution >= 0.6 is 0 Å². The van der Waals surface area contributed by atoms with Gasteiger partial charge >= 0.3 is 0 Å². The van der Waals surface area contributed by atoms with Crippen LogP contribution < -0.4 is 4.72 Å². The van der Waals surface area contributed by atoms with Gasteiger partial charge in [0.15, 0.2) is 0 Å². The molecule has 0 bridgehead atoms. The van der Waals surface area contributed by atoms with Gasteiger partial charge in [0.25, 0.3) is 0 Å². The van der Waals surface area contributed by atoms with Gasteiger partial charge in [0.1, 0.15) is 0 Å². The Kier molecular flexibility index (Phi) is 3.70. The van der Waals surface area contributed by atoms with E-state index in [4.69, 9.17) is 0 Å². The van der Waals surface area contributed by atoms with Crippen LogP contribution in [-0.2, 0) is 10.0 Å². The van der Waals surface area contributed by atoms with Gasteiger partial charge in [-0.3, -0.25) is 0 Å². The molecule has 0 amide bonds. The molecule has 0 aliphatic heterocycles. The van der Waals surface area contributed by atoms with Crippen molar-refractivity contribution >= 4 is 10.0 Å². The van der Waals surface area contributed by atoms with Crippen LogP contribution in [0.1, 0.15) is 32.6 Å². The molecule has 1 aliphatic carbocycles. The molecule has 0 radical (unpaired) electrons. The number of rotatable bonds is 6. The number of sulfonamides is 1. The summed E-state index contributed by atoms with van der Waals surface area (Å²) in [6, 6.07) is 0. The van der Waals surface area contributed by atoms with E-state index in [2.05, 4.69) is 4.72 Å². The van der Waals surface area contributed by atoms with Gasteiger partial charge in [0.2, 0.25) is 10.0 Å². The maximum atomic E-state index is 11.3. The number of hydrogen-bond donors (Lipinski definition) is 2. The summed E-state index contributed by atoms with van der Waals surface area (Å²) in [5.74, 6) is 0. The highest BCUT2D eigenvalue weighted by Gasteiger charge is 2.35. The third-order valence-corrected chi connectivity index (χ3v) is 4.02. The first-order valence-electron chi connectivity index (χ1n) is 4.73. The van der Waals surface area contributed by atoms with E-state index in [0.29, 0.717) is 6.42 Å². The topological polar surface area (TPSA) is 66.4 Å². The molecule has 2 N–H and O–H groups in total. The van der Waals surface area contributed by atoms with Crippen molar-refractivity contribution in [2.24, 2.45) is 0 Å². The van der Waals surface area contributed by atoms with E-state index < -0.39 is 16.1 Å². The summed E-state index contributed by atoms with van der Waals surface area (Å²) < 4.78 is 25.0. The van der Waals surface area contributed by atoms with Crippen LogP contribution in [0.2, 0.25) is 0 Å². The quantitative estimate of drug-likeness (QED) is 0.655. The molecule has 0 aromatic heterocycles. The lowest BCUT2D eigenvalue weighted by Gasteiger charge is -2.10. The largest absolute Gasteiger partial charge is 0.392 e. The minimum absolute atomic E-state index is 0.159. The van der Waals surface area contributed by atoms with Crippen LogP contribution in [0.5, 0.6) is 0 Å². The van der Waals surface area contributed by atoms with Gasteiger partial charge in [0.05, 0.1) is 11.4 Å². The van der Waals surface area contributed by atoms with Crippen LogP contribution in [-0.4, -0.2) is 31.4 Å². The summed E-state index contributed by atoms with van der Waals surface area (Å²) in [6.07, 6.45) is 2.50. The Balaban J connectivity index is 2.24. The molecule has 0 spiro atoms. The van der Waals surface area contributed by atoms with Crippen molar-refractivity contribution in [2.45, 2.75) is 44.0 Å². The Labute approximate surface area is 79.4 Å². The summed E-state index contributed by atoms with van der Waals surface area (Å²) in [4.78, 5) is 0. The Morgan fingerprint density at radius 1 is 1.54 bits per heavy atom. The van der Waals surface area contributed by atoms with Crippen molar-refractivity contribution in [3.63, 3.8) is 0 Å². The van der Waals surface area contributed by atoms with Crippen molar-refractivity contribution < 1.29 is 13.5 Å². The second-order valence-electron chi connectivity index (χ2n) is 3.54. The van der Waals surface area contributed by atoms with Crippen LogP contribution in [0.25, 0.3) is 0 Å². The van der Waals surface area contributed by atoms with Gasteiger partial charge < -0.3 is 5.11 Å². The van der Waals surface area contributed by atoms with E-state index in [-0.39, 0.29) is 11.8 Å². The molecule has 0 aromatic carbocycles. The standard InChI is InChI=1S/C8H17NO3S/c1-2-3-7(10)6-9-13(11,12)8-4-5-8/h7-10H,2-6H2,1H3. The van der Waals surface area contributed by atoms with Crippen LogP contribution in [0.4, 0.5) is 0 Å². The molecule has 13 heavy (non-hydrogen) atoms. The molecular formula is C8H17NO3S. The van der Waals surface area contributed by atoms with Gasteiger partial charge in [-0.25, -0.2) is 13.1 Å². The molecule has 4 nitrogen and oxygen atoms in total. The summed E-state index contributed by atoms with van der Waals surface area (Å²) in [6.45, 7) is 2.12. The fourth-order valence-electron chi connectivity index (χ4n) is 1.14. The molecule has 1 aliphatic rings. The Morgan fingerprint density at radius 3 is 2.62 bits per heavy atom. The molecule has 0 heterocycles. The number of aliphatic hydroxyl groups is 1. The lowest BCUT2D eigenvalue weighted by Crippen LogP contribution is -2.34. The van der Waals surface area contributed by atoms with Crippen LogP contribution in [0, 0.1) is 0 Å². The van der Waals surface area contributed by atoms with Crippen molar-refractivity contribution in [2.75, 3.05) is 6.54 Å². The summed E-state index contributed by atoms with van der Waals surface area (Å²) in [7, 11) is -3.11. The van der Waals surface area contributed by atoms with Crippen molar-refractivity contribution in [1.29, 1.82) is 0 Å². The third-order valence-electron chi connectivity index (χ3n) is 2.11. The summed E-state index contributed by atoms with van der Waals surface area (Å²) in [5, 5.41) is 9.09. The number of nitrogens with one attached hydrogen (secondary N) is 1. The van der Waals surface area contributed by atoms with E-state index in [9.17, 15) is 13.5 Å². The maximum Gasteiger partial charge on any atom is 0.214 e. The zero-order valence-electron chi connectivity index (χ0n) is 7.86. The normalized spacial score (nSPS) is 20.2. The van der Waals surface area contributed by atoms with E-state index in [1.165, 1.54) is 0 Å². The average molecular weight is 207 g/mol. The molecule has 5 heteroatoms. The molecule has 1 atom stereocenters. The highest BCUT2D eigenvalue weighted by atomic mass is 32.2. The summed E-state index contributed by atoms with van der Waals surface area (Å²) >= 11 is 0. The zero-order valence-corrected chi connectivity index (χ0v) is 8.68. The molecule has 0 saturated heterocycles. The first kappa shape index (κ1) is 10.9. The van der Waals surface area contributed by atoms with Gasteiger partial charge in [-0.1, -0.05) is 13.3 Å². The average Bonchev–Trinajstić information content (AvgIpc) is 2.84. The number of aliphatic hydroxyl groups excluding tert-OH is 1. The maximum absolute atomic E-state index is 11.3. The smallest absolute Gasteiger partial charge is 0.214 e. The minimum atomic E-state index is -3.11. The molecule has 1 rings (SSSR count). The van der Waals surface area contributed by atoms with E-state index in [1.807, 2.05) is 6.92 Å². The Bertz CT molecular complexity index is 246. The van der Waals surface area contributed by atoms with E-state index >= 15 is 0 Å². The molecule has 1 unspecified atom stereocenters. The van der Waals surface area contributed by atoms with Crippen molar-refractivity contribution in [3.8, 4) is 0 Å². The Hall–Kier alpha value is -0.130. The molecule has 78 valence electrons. The first-order valence-corrected chi connectivity index (χ1v) is 6.27. The van der Waals surface area contributed by atoms with E-state index in [0.717, 1.165) is 19.3 Å². The van der Waals surface area contributed by atoms with E-state index in [1.54, 1.807) is 0 Å². The predicted molar refractivity (Wildman–Crippen MR) is 50.9 cm³/mol. The van der Waals surface area contributed by atoms with Crippen LogP contribution in [0.15, 0.2) is 0 Å². The predicted octanol–water partition coefficient (Wildman–Crippen LogP) is 0.229. The lowest BCUT2D eigenvalue weighted by atomic mass is 10.2. The minimum Gasteiger partial charge on any atom is -0.392 e. The second kappa shape index (κ2) is 4.39. The summed E-state index contributed by atoms with van der Waals surface area (Å²) in [5.41, 5.74) is 0. The zero-order chi connectivity index (χ0) is 9.90. The highest BCUT2D eigenvalue weighted by Crippen LogP contribution is 2.27. The SMILES string of the molecule is CCCC(O)CNS(=O)(=O)C1CC1. The fraction of sp³-hybridized carbons (Fsp3) is 1.00. The Morgan fingerprint density at radius 2 is 2.15 bits per heavy atom. The molecule has 0 aromatic rings. The van der Waals surface area contributed by atoms with Crippen molar-refractivity contribution in [1.82, 2.24) is 4.72 Å². The van der Waals surface area contributed by atoms with Crippen molar-refractivity contribution in [3.05, 3.63) is 0 Å². The van der Waals surface area contributed by atoms with Gasteiger partial charge in [-0.15, -0.1) is 0 Å². The monoisotopic (exact) mass is 207 g/mol. The first-order chi connectivity index (χ1) is 6.06. The number of hydrogen-bond acceptors (Lipinski definition) is 3. The van der Waals surface area contributed by atoms with Gasteiger partial charge in [0, 0.05) is 6.54 Å². The van der Waals surface area contributed by atoms with Crippen LogP contribution in [0.3, 0.4) is 0 Å². The second-order valence-corrected chi connectivity index (χ2v) is 5.58. The molecular weight excluding hydrogens is 190 g/mol. The third kappa shape index (κ3) is 3.62. The molecule has 1 saturated carbocycles. The van der Waals surface area contributed by atoms with Gasteiger partial charge in [-0.2, -0.15) is 0 Å².